The minimum absolute atomic E-state index is 0.0142. The Bertz CT molecular complexity index is 2940. The van der Waals surface area contributed by atoms with E-state index in [2.05, 4.69) is 0 Å². The zero-order valence-corrected chi connectivity index (χ0v) is 39.0. The first-order valence-corrected chi connectivity index (χ1v) is 23.3. The van der Waals surface area contributed by atoms with Crippen LogP contribution in [0.4, 0.5) is 0 Å². The van der Waals surface area contributed by atoms with E-state index in [0.717, 1.165) is 22.3 Å². The summed E-state index contributed by atoms with van der Waals surface area (Å²) in [6.07, 6.45) is -4.98. The Balaban J connectivity index is 1.11. The van der Waals surface area contributed by atoms with E-state index >= 15 is 4.79 Å². The highest BCUT2D eigenvalue weighted by molar-refractivity contribution is 5.86. The Kier molecular flexibility index (Phi) is 16.0. The quantitative estimate of drug-likeness (QED) is 0.0641. The molecule has 0 fully saturated rings. The van der Waals surface area contributed by atoms with E-state index in [1.54, 1.807) is 12.1 Å². The van der Waals surface area contributed by atoms with Gasteiger partial charge in [0.1, 0.15) is 48.1 Å². The fourth-order valence-corrected chi connectivity index (χ4v) is 8.01. The maximum Gasteiger partial charge on any atom is 0.339 e. The van der Waals surface area contributed by atoms with Crippen molar-refractivity contribution in [1.82, 2.24) is 0 Å². The first-order chi connectivity index (χ1) is 35.0. The number of carbonyl (C=O) groups is 2. The minimum Gasteiger partial charge on any atom is -0.485 e. The molecule has 358 valence electrons. The van der Waals surface area contributed by atoms with Gasteiger partial charge in [0.25, 0.3) is 0 Å². The van der Waals surface area contributed by atoms with Crippen LogP contribution in [0.25, 0.3) is 0 Å². The number of methoxy groups -OCH3 is 1. The molecule has 0 N–H and O–H groups in total. The third-order valence-corrected chi connectivity index (χ3v) is 11.6. The van der Waals surface area contributed by atoms with E-state index < -0.39 is 36.4 Å². The fourth-order valence-electron chi connectivity index (χ4n) is 8.01. The van der Waals surface area contributed by atoms with Gasteiger partial charge in [0.15, 0.2) is 29.8 Å². The first-order valence-electron chi connectivity index (χ1n) is 23.3. The zero-order valence-electron chi connectivity index (χ0n) is 39.0. The number of benzene rings is 8. The summed E-state index contributed by atoms with van der Waals surface area (Å²) < 4.78 is 57.3. The maximum absolute atomic E-state index is 15.0. The van der Waals surface area contributed by atoms with Crippen LogP contribution >= 0.6 is 0 Å². The second-order valence-corrected chi connectivity index (χ2v) is 16.7. The molecule has 0 saturated carbocycles. The largest absolute Gasteiger partial charge is 0.485 e. The van der Waals surface area contributed by atoms with Crippen LogP contribution in [-0.4, -0.2) is 37.4 Å². The zero-order chi connectivity index (χ0) is 48.6. The van der Waals surface area contributed by atoms with Gasteiger partial charge >= 0.3 is 11.9 Å². The lowest BCUT2D eigenvalue weighted by Crippen LogP contribution is -2.47. The van der Waals surface area contributed by atoms with Gasteiger partial charge in [0.2, 0.25) is 0 Å². The van der Waals surface area contributed by atoms with Crippen molar-refractivity contribution in [3.05, 3.63) is 246 Å². The van der Waals surface area contributed by atoms with E-state index in [0.29, 0.717) is 58.0 Å². The molecule has 11 nitrogen and oxygen atoms in total. The molecule has 0 unspecified atom stereocenters. The molecule has 1 heterocycles. The summed E-state index contributed by atoms with van der Waals surface area (Å²) in [6.45, 7) is 0.487. The third kappa shape index (κ3) is 12.8. The van der Waals surface area contributed by atoms with Crippen LogP contribution in [0.2, 0.25) is 0 Å². The molecule has 1 aliphatic rings. The maximum atomic E-state index is 15.0. The van der Waals surface area contributed by atoms with Crippen LogP contribution in [0.15, 0.2) is 212 Å². The van der Waals surface area contributed by atoms with Gasteiger partial charge in [-0.15, -0.1) is 0 Å². The molecule has 0 amide bonds. The van der Waals surface area contributed by atoms with Gasteiger partial charge in [0.05, 0.1) is 20.3 Å². The van der Waals surface area contributed by atoms with Gasteiger partial charge in [-0.3, -0.25) is 0 Å². The molecular formula is C60H52O11. The van der Waals surface area contributed by atoms with Crippen LogP contribution in [0.5, 0.6) is 40.2 Å². The van der Waals surface area contributed by atoms with Crippen molar-refractivity contribution in [2.45, 2.75) is 57.3 Å². The van der Waals surface area contributed by atoms with Crippen molar-refractivity contribution in [1.29, 1.82) is 0 Å². The Labute approximate surface area is 413 Å². The monoisotopic (exact) mass is 948 g/mol. The number of carbonyl (C=O) groups excluding carboxylic acids is 2. The molecule has 0 bridgehead atoms. The van der Waals surface area contributed by atoms with Crippen molar-refractivity contribution >= 4 is 11.9 Å². The van der Waals surface area contributed by atoms with E-state index in [1.165, 1.54) is 7.11 Å². The minimum atomic E-state index is -1.58. The van der Waals surface area contributed by atoms with E-state index in [4.69, 9.17) is 42.6 Å². The highest BCUT2D eigenvalue weighted by atomic mass is 16.6. The van der Waals surface area contributed by atoms with Crippen LogP contribution < -0.4 is 23.7 Å². The predicted octanol–water partition coefficient (Wildman–Crippen LogP) is 12.4. The van der Waals surface area contributed by atoms with Gasteiger partial charge in [-0.05, 0) is 58.7 Å². The number of esters is 2. The molecule has 0 saturated heterocycles. The topological polar surface area (TPSA) is 117 Å². The summed E-state index contributed by atoms with van der Waals surface area (Å²) in [5, 5.41) is 0. The molecule has 11 heteroatoms. The lowest BCUT2D eigenvalue weighted by molar-refractivity contribution is -0.191. The van der Waals surface area contributed by atoms with E-state index in [1.807, 2.05) is 200 Å². The Morgan fingerprint density at radius 2 is 0.944 bits per heavy atom. The molecule has 4 atom stereocenters. The highest BCUT2D eigenvalue weighted by Gasteiger charge is 2.43. The molecule has 8 aromatic rings. The summed E-state index contributed by atoms with van der Waals surface area (Å²) in [7, 11) is 1.23. The molecule has 1 aliphatic heterocycles. The third-order valence-electron chi connectivity index (χ3n) is 11.6. The number of hydrogen-bond donors (Lipinski definition) is 0. The summed E-state index contributed by atoms with van der Waals surface area (Å²) in [5.74, 6) is 1.76. The summed E-state index contributed by atoms with van der Waals surface area (Å²) in [6, 6.07) is 66.1. The summed E-state index contributed by atoms with van der Waals surface area (Å²) in [5.41, 5.74) is 4.69. The van der Waals surface area contributed by atoms with Crippen molar-refractivity contribution < 1.29 is 52.2 Å². The van der Waals surface area contributed by atoms with Crippen molar-refractivity contribution in [3.63, 3.8) is 0 Å². The number of hydrogen-bond acceptors (Lipinski definition) is 11. The van der Waals surface area contributed by atoms with Crippen LogP contribution in [0, 0.1) is 0 Å². The molecule has 0 spiro atoms. The van der Waals surface area contributed by atoms with Crippen molar-refractivity contribution in [2.75, 3.05) is 7.11 Å². The van der Waals surface area contributed by atoms with E-state index in [-0.39, 0.29) is 26.2 Å². The molecule has 0 radical (unpaired) electrons. The van der Waals surface area contributed by atoms with Gasteiger partial charge in [-0.2, -0.15) is 0 Å². The van der Waals surface area contributed by atoms with Gasteiger partial charge in [-0.25, -0.2) is 9.59 Å². The fraction of sp³-hybridized carbons (Fsp3) is 0.167. The molecule has 9 rings (SSSR count). The van der Waals surface area contributed by atoms with Gasteiger partial charge in [-0.1, -0.05) is 164 Å². The molecule has 71 heavy (non-hydrogen) atoms. The van der Waals surface area contributed by atoms with Crippen molar-refractivity contribution in [3.8, 4) is 40.2 Å². The summed E-state index contributed by atoms with van der Waals surface area (Å²) >= 11 is 0. The average Bonchev–Trinajstić information content (AvgIpc) is 3.42. The average molecular weight is 949 g/mol. The number of ether oxygens (including phenoxy) is 9. The number of rotatable bonds is 21. The lowest BCUT2D eigenvalue weighted by Gasteiger charge is -2.36. The van der Waals surface area contributed by atoms with E-state index in [9.17, 15) is 4.79 Å². The second kappa shape index (κ2) is 23.8. The highest BCUT2D eigenvalue weighted by Crippen LogP contribution is 2.47. The Morgan fingerprint density at radius 1 is 0.479 bits per heavy atom. The Morgan fingerprint density at radius 3 is 1.46 bits per heavy atom. The SMILES string of the molecule is COC(=O)[C@H](OCc1ccccc1)[C@@H](OCc1ccccc1)C(=O)O[C@H]1Cc2c(Oc3ccccc3)cc(Oc3ccccc3)cc2O[C@@H]1c1ccc(OCc2ccccc2)c(OCc2ccccc2)c1. The normalized spacial score (nSPS) is 14.7. The Hall–Kier alpha value is -8.38. The van der Waals surface area contributed by atoms with Gasteiger partial charge < -0.3 is 42.6 Å². The smallest absolute Gasteiger partial charge is 0.339 e. The van der Waals surface area contributed by atoms with Crippen LogP contribution in [-0.2, 0) is 61.4 Å². The molecule has 0 aliphatic carbocycles. The van der Waals surface area contributed by atoms with Crippen LogP contribution in [0.3, 0.4) is 0 Å². The second-order valence-electron chi connectivity index (χ2n) is 16.7. The molecule has 0 aromatic heterocycles. The molecular weight excluding hydrogens is 897 g/mol. The van der Waals surface area contributed by atoms with Crippen LogP contribution in [0.1, 0.15) is 39.5 Å². The standard InChI is InChI=1S/C60H52O11/c1-63-59(61)57(66-40-44-24-12-4-13-25-44)58(67-41-45-26-14-5-15-27-45)60(62)71-55-37-50-52(69-48-30-18-7-19-31-48)35-49(68-47-28-16-6-17-29-47)36-53(50)70-56(55)46-32-33-51(64-38-42-20-8-2-9-21-42)54(34-46)65-39-43-22-10-3-11-23-43/h2-36,55-58H,37-41H2,1H3/t55-,56+,57+,58+/m0/s1. The number of para-hydroxylation sites is 2. The van der Waals surface area contributed by atoms with Gasteiger partial charge in [0, 0.05) is 29.7 Å². The molecule has 8 aromatic carbocycles. The predicted molar refractivity (Wildman–Crippen MR) is 266 cm³/mol. The first kappa shape index (κ1) is 47.7. The summed E-state index contributed by atoms with van der Waals surface area (Å²) in [4.78, 5) is 28.7. The number of fused-ring (bicyclic) bond motifs is 1. The lowest BCUT2D eigenvalue weighted by atomic mass is 9.93. The van der Waals surface area contributed by atoms with Crippen molar-refractivity contribution in [2.24, 2.45) is 0 Å².